The largest absolute Gasteiger partial charge is 0.345 e. The van der Waals surface area contributed by atoms with Crippen molar-refractivity contribution in [3.05, 3.63) is 65.2 Å². The Bertz CT molecular complexity index is 796. The number of hydrogen-bond donors (Lipinski definition) is 2. The van der Waals surface area contributed by atoms with Crippen molar-refractivity contribution < 1.29 is 9.59 Å². The summed E-state index contributed by atoms with van der Waals surface area (Å²) < 4.78 is 0. The van der Waals surface area contributed by atoms with Crippen LogP contribution in [0.1, 0.15) is 29.5 Å². The summed E-state index contributed by atoms with van der Waals surface area (Å²) in [5.74, 6) is -1.17. The first-order valence-corrected chi connectivity index (χ1v) is 9.46. The normalized spacial score (nSPS) is 15.3. The van der Waals surface area contributed by atoms with Crippen molar-refractivity contribution in [3.8, 4) is 0 Å². The number of amides is 2. The minimum absolute atomic E-state index is 0.0510. The molecule has 5 nitrogen and oxygen atoms in total. The number of rotatable bonds is 4. The molecule has 2 aromatic rings. The molecule has 0 unspecified atom stereocenters. The number of carbonyl (C=O) groups excluding carboxylic acids is 2. The zero-order valence-electron chi connectivity index (χ0n) is 16.0. The number of aryl methyl sites for hydroxylation is 2. The Labute approximate surface area is 160 Å². The maximum absolute atomic E-state index is 12.2. The van der Waals surface area contributed by atoms with Gasteiger partial charge in [0.15, 0.2) is 0 Å². The summed E-state index contributed by atoms with van der Waals surface area (Å²) in [6.45, 7) is 6.75. The highest BCUT2D eigenvalue weighted by molar-refractivity contribution is 6.39. The molecule has 2 N–H and O–H groups in total. The number of hydrogen-bond acceptors (Lipinski definition) is 3. The first kappa shape index (κ1) is 19.1. The highest BCUT2D eigenvalue weighted by Crippen LogP contribution is 2.15. The molecule has 5 heteroatoms. The van der Waals surface area contributed by atoms with Crippen molar-refractivity contribution in [3.63, 3.8) is 0 Å². The van der Waals surface area contributed by atoms with Gasteiger partial charge in [0, 0.05) is 31.4 Å². The molecular formula is C22H27N3O2. The zero-order valence-corrected chi connectivity index (χ0v) is 16.0. The molecule has 1 saturated heterocycles. The number of benzene rings is 2. The van der Waals surface area contributed by atoms with Gasteiger partial charge in [-0.1, -0.05) is 36.4 Å². The van der Waals surface area contributed by atoms with Crippen molar-refractivity contribution in [2.75, 3.05) is 18.4 Å². The van der Waals surface area contributed by atoms with Gasteiger partial charge in [-0.15, -0.1) is 0 Å². The van der Waals surface area contributed by atoms with Crippen molar-refractivity contribution in [1.29, 1.82) is 0 Å². The molecule has 1 aliphatic rings. The van der Waals surface area contributed by atoms with E-state index in [9.17, 15) is 9.59 Å². The molecule has 0 aliphatic carbocycles. The number of piperidine rings is 1. The molecule has 27 heavy (non-hydrogen) atoms. The van der Waals surface area contributed by atoms with Crippen LogP contribution in [-0.2, 0) is 16.1 Å². The first-order chi connectivity index (χ1) is 13.0. The molecule has 0 aromatic heterocycles. The van der Waals surface area contributed by atoms with Crippen LogP contribution in [0.4, 0.5) is 5.69 Å². The standard InChI is InChI=1S/C22H27N3O2/c1-16-8-9-20(14-17(16)2)24-22(27)21(26)23-19-10-12-25(13-11-19)15-18-6-4-3-5-7-18/h3-9,14,19H,10-13,15H2,1-2H3,(H,23,26)(H,24,27). The summed E-state index contributed by atoms with van der Waals surface area (Å²) in [6.07, 6.45) is 1.71. The molecule has 2 amide bonds. The smallest absolute Gasteiger partial charge is 0.313 e. The van der Waals surface area contributed by atoms with E-state index in [0.717, 1.165) is 43.6 Å². The Kier molecular flexibility index (Phi) is 6.24. The van der Waals surface area contributed by atoms with Crippen LogP contribution in [0, 0.1) is 13.8 Å². The fourth-order valence-corrected chi connectivity index (χ4v) is 3.34. The van der Waals surface area contributed by atoms with Crippen molar-refractivity contribution in [2.45, 2.75) is 39.3 Å². The SMILES string of the molecule is Cc1ccc(NC(=O)C(=O)NC2CCN(Cc3ccccc3)CC2)cc1C. The van der Waals surface area contributed by atoms with Gasteiger partial charge in [-0.25, -0.2) is 0 Å². The average molecular weight is 365 g/mol. The second-order valence-corrected chi connectivity index (χ2v) is 7.26. The average Bonchev–Trinajstić information content (AvgIpc) is 2.67. The van der Waals surface area contributed by atoms with Gasteiger partial charge >= 0.3 is 11.8 Å². The van der Waals surface area contributed by atoms with Crippen molar-refractivity contribution in [1.82, 2.24) is 10.2 Å². The van der Waals surface area contributed by atoms with Crippen LogP contribution in [0.3, 0.4) is 0 Å². The number of carbonyl (C=O) groups is 2. The summed E-state index contributed by atoms with van der Waals surface area (Å²) in [4.78, 5) is 26.7. The van der Waals surface area contributed by atoms with E-state index < -0.39 is 11.8 Å². The van der Waals surface area contributed by atoms with Crippen LogP contribution in [0.5, 0.6) is 0 Å². The second-order valence-electron chi connectivity index (χ2n) is 7.26. The Morgan fingerprint density at radius 1 is 0.963 bits per heavy atom. The predicted octanol–water partition coefficient (Wildman–Crippen LogP) is 3.02. The van der Waals surface area contributed by atoms with Crippen LogP contribution in [0.2, 0.25) is 0 Å². The molecule has 142 valence electrons. The van der Waals surface area contributed by atoms with E-state index in [1.165, 1.54) is 5.56 Å². The number of likely N-dealkylation sites (tertiary alicyclic amines) is 1. The van der Waals surface area contributed by atoms with E-state index in [-0.39, 0.29) is 6.04 Å². The minimum atomic E-state index is -0.607. The fraction of sp³-hybridized carbons (Fsp3) is 0.364. The Balaban J connectivity index is 1.44. The molecule has 1 heterocycles. The molecule has 0 atom stereocenters. The maximum atomic E-state index is 12.2. The van der Waals surface area contributed by atoms with Crippen LogP contribution in [0.25, 0.3) is 0 Å². The van der Waals surface area contributed by atoms with Gasteiger partial charge < -0.3 is 10.6 Å². The van der Waals surface area contributed by atoms with E-state index in [0.29, 0.717) is 5.69 Å². The Morgan fingerprint density at radius 3 is 2.33 bits per heavy atom. The number of nitrogens with one attached hydrogen (secondary N) is 2. The van der Waals surface area contributed by atoms with Gasteiger partial charge in [-0.05, 0) is 55.5 Å². The molecule has 0 spiro atoms. The molecule has 0 radical (unpaired) electrons. The Morgan fingerprint density at radius 2 is 1.67 bits per heavy atom. The molecule has 3 rings (SSSR count). The van der Waals surface area contributed by atoms with E-state index in [1.807, 2.05) is 38.1 Å². The summed E-state index contributed by atoms with van der Waals surface area (Å²) in [7, 11) is 0. The second kappa shape index (κ2) is 8.82. The molecule has 1 fully saturated rings. The van der Waals surface area contributed by atoms with Gasteiger partial charge in [-0.3, -0.25) is 14.5 Å². The van der Waals surface area contributed by atoms with Crippen molar-refractivity contribution >= 4 is 17.5 Å². The third-order valence-electron chi connectivity index (χ3n) is 5.14. The van der Waals surface area contributed by atoms with Gasteiger partial charge in [0.1, 0.15) is 0 Å². The van der Waals surface area contributed by atoms with Gasteiger partial charge in [-0.2, -0.15) is 0 Å². The van der Waals surface area contributed by atoms with E-state index in [1.54, 1.807) is 0 Å². The molecule has 0 bridgehead atoms. The number of anilines is 1. The van der Waals surface area contributed by atoms with Crippen LogP contribution in [-0.4, -0.2) is 35.8 Å². The predicted molar refractivity (Wildman–Crippen MR) is 107 cm³/mol. The monoisotopic (exact) mass is 365 g/mol. The summed E-state index contributed by atoms with van der Waals surface area (Å²) in [5.41, 5.74) is 4.18. The molecular weight excluding hydrogens is 338 g/mol. The number of nitrogens with zero attached hydrogens (tertiary/aromatic N) is 1. The van der Waals surface area contributed by atoms with E-state index >= 15 is 0 Å². The third-order valence-corrected chi connectivity index (χ3v) is 5.14. The van der Waals surface area contributed by atoms with Crippen molar-refractivity contribution in [2.24, 2.45) is 0 Å². The van der Waals surface area contributed by atoms with Gasteiger partial charge in [0.25, 0.3) is 0 Å². The summed E-state index contributed by atoms with van der Waals surface area (Å²) >= 11 is 0. The molecule has 2 aromatic carbocycles. The molecule has 0 saturated carbocycles. The van der Waals surface area contributed by atoms with Crippen LogP contribution < -0.4 is 10.6 Å². The lowest BCUT2D eigenvalue weighted by Gasteiger charge is -2.32. The lowest BCUT2D eigenvalue weighted by atomic mass is 10.0. The maximum Gasteiger partial charge on any atom is 0.313 e. The van der Waals surface area contributed by atoms with Crippen LogP contribution >= 0.6 is 0 Å². The first-order valence-electron chi connectivity index (χ1n) is 9.46. The summed E-state index contributed by atoms with van der Waals surface area (Å²) in [5, 5.41) is 5.55. The van der Waals surface area contributed by atoms with E-state index in [4.69, 9.17) is 0 Å². The third kappa shape index (κ3) is 5.41. The van der Waals surface area contributed by atoms with Gasteiger partial charge in [0.05, 0.1) is 0 Å². The lowest BCUT2D eigenvalue weighted by Crippen LogP contribution is -2.47. The zero-order chi connectivity index (χ0) is 19.2. The minimum Gasteiger partial charge on any atom is -0.345 e. The highest BCUT2D eigenvalue weighted by Gasteiger charge is 2.23. The van der Waals surface area contributed by atoms with E-state index in [2.05, 4.69) is 39.8 Å². The summed E-state index contributed by atoms with van der Waals surface area (Å²) in [6, 6.07) is 16.1. The van der Waals surface area contributed by atoms with Gasteiger partial charge in [0.2, 0.25) is 0 Å². The topological polar surface area (TPSA) is 61.4 Å². The highest BCUT2D eigenvalue weighted by atomic mass is 16.2. The van der Waals surface area contributed by atoms with Crippen LogP contribution in [0.15, 0.2) is 48.5 Å². The quantitative estimate of drug-likeness (QED) is 0.819. The fourth-order valence-electron chi connectivity index (χ4n) is 3.34. The molecule has 1 aliphatic heterocycles. The lowest BCUT2D eigenvalue weighted by molar-refractivity contribution is -0.136. The Hall–Kier alpha value is -2.66.